The average Bonchev–Trinajstić information content (AvgIpc) is 2.93. The number of carbonyl (C=O) groups excluding carboxylic acids is 1. The molecule has 1 amide bonds. The number of carbonyl (C=O) groups is 2. The summed E-state index contributed by atoms with van der Waals surface area (Å²) in [6.45, 7) is -0.126. The summed E-state index contributed by atoms with van der Waals surface area (Å²) in [7, 11) is 0. The van der Waals surface area contributed by atoms with Gasteiger partial charge < -0.3 is 20.1 Å². The van der Waals surface area contributed by atoms with Crippen molar-refractivity contribution in [2.24, 2.45) is 5.92 Å². The second kappa shape index (κ2) is 8.25. The summed E-state index contributed by atoms with van der Waals surface area (Å²) in [6, 6.07) is 1.92. The minimum absolute atomic E-state index is 0.0242. The van der Waals surface area contributed by atoms with Crippen LogP contribution < -0.4 is 5.32 Å². The molecule has 1 fully saturated rings. The molecule has 0 radical (unpaired) electrons. The molecule has 10 heteroatoms. The third-order valence-electron chi connectivity index (χ3n) is 4.94. The lowest BCUT2D eigenvalue weighted by Gasteiger charge is -2.23. The highest BCUT2D eigenvalue weighted by Crippen LogP contribution is 2.42. The van der Waals surface area contributed by atoms with Crippen molar-refractivity contribution in [1.82, 2.24) is 14.9 Å². The molecule has 0 spiro atoms. The van der Waals surface area contributed by atoms with E-state index in [1.807, 2.05) is 6.07 Å². The highest BCUT2D eigenvalue weighted by molar-refractivity contribution is 6.46. The van der Waals surface area contributed by atoms with E-state index in [4.69, 9.17) is 28.3 Å². The molecule has 2 heterocycles. The van der Waals surface area contributed by atoms with Gasteiger partial charge in [0.1, 0.15) is 17.8 Å². The molecule has 1 aliphatic rings. The predicted molar refractivity (Wildman–Crippen MR) is 103 cm³/mol. The normalized spacial score (nSPS) is 14.8. The molecule has 3 N–H and O–H groups in total. The molecule has 0 unspecified atom stereocenters. The Bertz CT molecular complexity index is 990. The van der Waals surface area contributed by atoms with Crippen LogP contribution in [0.1, 0.15) is 48.3 Å². The van der Waals surface area contributed by atoms with Gasteiger partial charge in [0.2, 0.25) is 0 Å². The molecule has 0 saturated heterocycles. The van der Waals surface area contributed by atoms with Gasteiger partial charge in [-0.15, -0.1) is 0 Å². The molecular formula is C18H18Cl2N4O4. The highest BCUT2D eigenvalue weighted by Gasteiger charge is 2.28. The second-order valence-electron chi connectivity index (χ2n) is 6.79. The number of rotatable bonds is 5. The largest absolute Gasteiger partial charge is 0.505 e. The Morgan fingerprint density at radius 2 is 1.96 bits per heavy atom. The van der Waals surface area contributed by atoms with Gasteiger partial charge in [0.25, 0.3) is 5.91 Å². The van der Waals surface area contributed by atoms with E-state index in [1.165, 1.54) is 6.42 Å². The van der Waals surface area contributed by atoms with Gasteiger partial charge in [0.05, 0.1) is 15.9 Å². The lowest BCUT2D eigenvalue weighted by molar-refractivity contribution is -0.135. The molecule has 3 rings (SSSR count). The van der Waals surface area contributed by atoms with E-state index in [2.05, 4.69) is 10.3 Å². The van der Waals surface area contributed by atoms with Crippen molar-refractivity contribution in [3.05, 3.63) is 21.6 Å². The quantitative estimate of drug-likeness (QED) is 0.674. The number of nitrogens with one attached hydrogen (secondary N) is 1. The number of aliphatic carboxylic acids is 1. The average molecular weight is 425 g/mol. The second-order valence-corrected chi connectivity index (χ2v) is 7.52. The van der Waals surface area contributed by atoms with Crippen LogP contribution in [0.5, 0.6) is 5.75 Å². The summed E-state index contributed by atoms with van der Waals surface area (Å²) in [5, 5.41) is 31.2. The van der Waals surface area contributed by atoms with Gasteiger partial charge in [-0.3, -0.25) is 9.59 Å². The highest BCUT2D eigenvalue weighted by atomic mass is 35.5. The van der Waals surface area contributed by atoms with Crippen LogP contribution in [-0.2, 0) is 11.3 Å². The summed E-state index contributed by atoms with van der Waals surface area (Å²) in [5.74, 6) is -2.35. The molecule has 2 aromatic heterocycles. The van der Waals surface area contributed by atoms with Crippen LogP contribution in [0.25, 0.3) is 10.9 Å². The number of pyridine rings is 1. The van der Waals surface area contributed by atoms with Crippen LogP contribution in [0.3, 0.4) is 0 Å². The van der Waals surface area contributed by atoms with Gasteiger partial charge in [0, 0.05) is 6.54 Å². The SMILES string of the molecule is N#Cc1nc(C(=O)NCC(=O)O)c(O)c2c(Cl)c(Cl)n(CC3CCCCC3)c12. The number of carboxylic acids is 1. The number of hydrogen-bond donors (Lipinski definition) is 3. The smallest absolute Gasteiger partial charge is 0.322 e. The van der Waals surface area contributed by atoms with Crippen molar-refractivity contribution < 1.29 is 19.8 Å². The Morgan fingerprint density at radius 3 is 2.57 bits per heavy atom. The zero-order valence-electron chi connectivity index (χ0n) is 14.8. The maximum atomic E-state index is 12.2. The molecule has 0 bridgehead atoms. The van der Waals surface area contributed by atoms with Crippen molar-refractivity contribution in [2.45, 2.75) is 38.6 Å². The van der Waals surface area contributed by atoms with Gasteiger partial charge in [-0.2, -0.15) is 5.26 Å². The maximum absolute atomic E-state index is 12.2. The Labute approximate surface area is 170 Å². The number of nitrogens with zero attached hydrogens (tertiary/aromatic N) is 3. The first-order valence-corrected chi connectivity index (χ1v) is 9.61. The zero-order valence-corrected chi connectivity index (χ0v) is 16.3. The summed E-state index contributed by atoms with van der Waals surface area (Å²) in [4.78, 5) is 26.8. The first-order valence-electron chi connectivity index (χ1n) is 8.85. The maximum Gasteiger partial charge on any atom is 0.322 e. The molecule has 0 aromatic carbocycles. The lowest BCUT2D eigenvalue weighted by Crippen LogP contribution is -2.30. The number of amides is 1. The van der Waals surface area contributed by atoms with Crippen molar-refractivity contribution in [2.75, 3.05) is 6.54 Å². The van der Waals surface area contributed by atoms with E-state index >= 15 is 0 Å². The number of nitriles is 1. The van der Waals surface area contributed by atoms with Crippen molar-refractivity contribution in [1.29, 1.82) is 5.26 Å². The van der Waals surface area contributed by atoms with Crippen LogP contribution >= 0.6 is 23.2 Å². The Kier molecular flexibility index (Phi) is 5.96. The molecule has 1 saturated carbocycles. The first kappa shape index (κ1) is 20.2. The molecule has 28 heavy (non-hydrogen) atoms. The minimum atomic E-state index is -1.26. The van der Waals surface area contributed by atoms with Crippen molar-refractivity contribution >= 4 is 46.0 Å². The molecule has 8 nitrogen and oxygen atoms in total. The standard InChI is InChI=1S/C18H18Cl2N4O4/c19-13-12-15(24(17(13)20)8-9-4-2-1-3-5-9)10(6-21)23-14(16(12)27)18(28)22-7-11(25)26/h9,27H,1-5,7-8H2,(H,22,28)(H,25,26). The number of halogens is 2. The summed E-state index contributed by atoms with van der Waals surface area (Å²) < 4.78 is 1.67. The molecule has 148 valence electrons. The summed E-state index contributed by atoms with van der Waals surface area (Å²) in [5.41, 5.74) is -0.313. The predicted octanol–water partition coefficient (Wildman–Crippen LogP) is 3.32. The van der Waals surface area contributed by atoms with Gasteiger partial charge in [-0.25, -0.2) is 4.98 Å². The van der Waals surface area contributed by atoms with E-state index < -0.39 is 29.9 Å². The van der Waals surface area contributed by atoms with Gasteiger partial charge in [0.15, 0.2) is 17.1 Å². The van der Waals surface area contributed by atoms with Gasteiger partial charge >= 0.3 is 5.97 Å². The van der Waals surface area contributed by atoms with E-state index in [0.717, 1.165) is 25.7 Å². The van der Waals surface area contributed by atoms with E-state index in [1.54, 1.807) is 4.57 Å². The van der Waals surface area contributed by atoms with Crippen LogP contribution in [-0.4, -0.2) is 38.2 Å². The zero-order chi connectivity index (χ0) is 20.4. The van der Waals surface area contributed by atoms with Gasteiger partial charge in [-0.1, -0.05) is 42.5 Å². The lowest BCUT2D eigenvalue weighted by atomic mass is 9.89. The number of aromatic nitrogens is 2. The first-order chi connectivity index (χ1) is 13.3. The topological polar surface area (TPSA) is 128 Å². The number of fused-ring (bicyclic) bond motifs is 1. The Hall–Kier alpha value is -2.50. The monoisotopic (exact) mass is 424 g/mol. The fourth-order valence-corrected chi connectivity index (χ4v) is 4.16. The minimum Gasteiger partial charge on any atom is -0.505 e. The van der Waals surface area contributed by atoms with Crippen LogP contribution in [0.15, 0.2) is 0 Å². The summed E-state index contributed by atoms with van der Waals surface area (Å²) >= 11 is 12.7. The molecule has 1 aliphatic carbocycles. The van der Waals surface area contributed by atoms with Crippen LogP contribution in [0.4, 0.5) is 0 Å². The number of carboxylic acid groups (broad SMARTS) is 1. The molecule has 0 aliphatic heterocycles. The van der Waals surface area contributed by atoms with Crippen LogP contribution in [0.2, 0.25) is 10.2 Å². The van der Waals surface area contributed by atoms with Crippen molar-refractivity contribution in [3.63, 3.8) is 0 Å². The van der Waals surface area contributed by atoms with Crippen LogP contribution in [0, 0.1) is 17.2 Å². The van der Waals surface area contributed by atoms with E-state index in [-0.39, 0.29) is 26.8 Å². The third kappa shape index (κ3) is 3.73. The van der Waals surface area contributed by atoms with Crippen molar-refractivity contribution in [3.8, 4) is 11.8 Å². The molecule has 0 atom stereocenters. The van der Waals surface area contributed by atoms with E-state index in [0.29, 0.717) is 12.5 Å². The Balaban J connectivity index is 2.11. The number of aromatic hydroxyl groups is 1. The number of hydrogen-bond acceptors (Lipinski definition) is 5. The third-order valence-corrected chi connectivity index (χ3v) is 5.80. The summed E-state index contributed by atoms with van der Waals surface area (Å²) in [6.07, 6.45) is 5.50. The molecular weight excluding hydrogens is 407 g/mol. The fourth-order valence-electron chi connectivity index (χ4n) is 3.63. The Morgan fingerprint density at radius 1 is 1.29 bits per heavy atom. The molecule has 2 aromatic rings. The van der Waals surface area contributed by atoms with Gasteiger partial charge in [-0.05, 0) is 18.8 Å². The fraction of sp³-hybridized carbons (Fsp3) is 0.444. The van der Waals surface area contributed by atoms with E-state index in [9.17, 15) is 20.0 Å².